The number of aldehydes is 1. The van der Waals surface area contributed by atoms with Gasteiger partial charge in [0.15, 0.2) is 6.29 Å². The molecule has 0 radical (unpaired) electrons. The van der Waals surface area contributed by atoms with Crippen LogP contribution >= 0.6 is 0 Å². The molecule has 6 nitrogen and oxygen atoms in total. The number of methoxy groups -OCH3 is 1. The SMILES string of the molecule is C=Cc1c(O)cccc1OC[C@@H]1CCCCN1C(=O)c1cc(OC)ccc1C=O. The molecule has 1 saturated heterocycles. The number of aromatic hydroxyl groups is 1. The number of amides is 1. The van der Waals surface area contributed by atoms with Crippen molar-refractivity contribution in [1.82, 2.24) is 4.90 Å². The highest BCUT2D eigenvalue weighted by Crippen LogP contribution is 2.30. The molecule has 0 unspecified atom stereocenters. The average Bonchev–Trinajstić information content (AvgIpc) is 2.77. The number of rotatable bonds is 7. The fraction of sp³-hybridized carbons (Fsp3) is 0.304. The number of benzene rings is 2. The topological polar surface area (TPSA) is 76.1 Å². The van der Waals surface area contributed by atoms with Crippen LogP contribution in [0.1, 0.15) is 45.5 Å². The summed E-state index contributed by atoms with van der Waals surface area (Å²) < 4.78 is 11.2. The Morgan fingerprint density at radius 3 is 2.86 bits per heavy atom. The molecule has 1 N–H and O–H groups in total. The third kappa shape index (κ3) is 4.42. The number of hydrogen-bond donors (Lipinski definition) is 1. The maximum Gasteiger partial charge on any atom is 0.255 e. The number of carbonyl (C=O) groups is 2. The summed E-state index contributed by atoms with van der Waals surface area (Å²) in [6.45, 7) is 4.60. The number of carbonyl (C=O) groups excluding carboxylic acids is 2. The zero-order chi connectivity index (χ0) is 20.8. The van der Waals surface area contributed by atoms with E-state index in [-0.39, 0.29) is 24.3 Å². The molecule has 2 aromatic rings. The monoisotopic (exact) mass is 395 g/mol. The molecule has 6 heteroatoms. The lowest BCUT2D eigenvalue weighted by Gasteiger charge is -2.36. The van der Waals surface area contributed by atoms with E-state index in [9.17, 15) is 14.7 Å². The van der Waals surface area contributed by atoms with Gasteiger partial charge in [-0.25, -0.2) is 0 Å². The summed E-state index contributed by atoms with van der Waals surface area (Å²) in [6.07, 6.45) is 4.91. The lowest BCUT2D eigenvalue weighted by atomic mass is 9.99. The van der Waals surface area contributed by atoms with Crippen LogP contribution in [-0.4, -0.2) is 48.5 Å². The summed E-state index contributed by atoms with van der Waals surface area (Å²) in [5.74, 6) is 0.937. The van der Waals surface area contributed by atoms with Gasteiger partial charge in [-0.05, 0) is 49.6 Å². The van der Waals surface area contributed by atoms with Crippen molar-refractivity contribution in [2.24, 2.45) is 0 Å². The van der Waals surface area contributed by atoms with Crippen molar-refractivity contribution in [1.29, 1.82) is 0 Å². The van der Waals surface area contributed by atoms with Gasteiger partial charge >= 0.3 is 0 Å². The highest BCUT2D eigenvalue weighted by atomic mass is 16.5. The summed E-state index contributed by atoms with van der Waals surface area (Å²) in [6, 6.07) is 9.76. The Hall–Kier alpha value is -3.28. The highest BCUT2D eigenvalue weighted by Gasteiger charge is 2.29. The second-order valence-corrected chi connectivity index (χ2v) is 6.92. The van der Waals surface area contributed by atoms with E-state index in [1.807, 2.05) is 0 Å². The lowest BCUT2D eigenvalue weighted by Crippen LogP contribution is -2.47. The molecule has 2 aromatic carbocycles. The molecule has 1 aliphatic heterocycles. The maximum atomic E-state index is 13.2. The molecule has 1 amide bonds. The van der Waals surface area contributed by atoms with Crippen molar-refractivity contribution < 1.29 is 24.2 Å². The minimum absolute atomic E-state index is 0.0982. The van der Waals surface area contributed by atoms with Crippen molar-refractivity contribution >= 4 is 18.3 Å². The number of hydrogen-bond acceptors (Lipinski definition) is 5. The Morgan fingerprint density at radius 2 is 2.14 bits per heavy atom. The zero-order valence-corrected chi connectivity index (χ0v) is 16.5. The van der Waals surface area contributed by atoms with Crippen molar-refractivity contribution in [3.63, 3.8) is 0 Å². The number of piperidine rings is 1. The van der Waals surface area contributed by atoms with Crippen LogP contribution in [0.2, 0.25) is 0 Å². The van der Waals surface area contributed by atoms with Gasteiger partial charge in [0, 0.05) is 12.1 Å². The van der Waals surface area contributed by atoms with E-state index in [4.69, 9.17) is 9.47 Å². The fourth-order valence-electron chi connectivity index (χ4n) is 3.60. The summed E-state index contributed by atoms with van der Waals surface area (Å²) in [5, 5.41) is 9.96. The van der Waals surface area contributed by atoms with Gasteiger partial charge in [0.05, 0.1) is 24.3 Å². The fourth-order valence-corrected chi connectivity index (χ4v) is 3.60. The first-order valence-corrected chi connectivity index (χ1v) is 9.60. The van der Waals surface area contributed by atoms with Crippen LogP contribution in [0.3, 0.4) is 0 Å². The van der Waals surface area contributed by atoms with E-state index in [2.05, 4.69) is 6.58 Å². The predicted molar refractivity (Wildman–Crippen MR) is 111 cm³/mol. The van der Waals surface area contributed by atoms with E-state index in [0.29, 0.717) is 41.0 Å². The Balaban J connectivity index is 1.82. The number of likely N-dealkylation sites (tertiary alicyclic amines) is 1. The van der Waals surface area contributed by atoms with Gasteiger partial charge in [0.25, 0.3) is 5.91 Å². The van der Waals surface area contributed by atoms with Crippen LogP contribution in [0.4, 0.5) is 0 Å². The summed E-state index contributed by atoms with van der Waals surface area (Å²) in [5.41, 5.74) is 1.19. The van der Waals surface area contributed by atoms with Crippen molar-refractivity contribution in [2.75, 3.05) is 20.3 Å². The largest absolute Gasteiger partial charge is 0.507 e. The maximum absolute atomic E-state index is 13.2. The normalized spacial score (nSPS) is 16.2. The Bertz CT molecular complexity index is 908. The van der Waals surface area contributed by atoms with Crippen molar-refractivity contribution in [3.8, 4) is 17.2 Å². The number of nitrogens with zero attached hydrogens (tertiary/aromatic N) is 1. The molecular formula is C23H25NO5. The predicted octanol–water partition coefficient (Wildman–Crippen LogP) is 3.93. The van der Waals surface area contributed by atoms with Gasteiger partial charge in [-0.15, -0.1) is 0 Å². The second-order valence-electron chi connectivity index (χ2n) is 6.92. The van der Waals surface area contributed by atoms with E-state index in [1.165, 1.54) is 7.11 Å². The first kappa shape index (κ1) is 20.5. The number of ether oxygens (including phenoxy) is 2. The third-order valence-corrected chi connectivity index (χ3v) is 5.18. The van der Waals surface area contributed by atoms with Gasteiger partial charge in [-0.1, -0.05) is 18.7 Å². The summed E-state index contributed by atoms with van der Waals surface area (Å²) in [7, 11) is 1.52. The quantitative estimate of drug-likeness (QED) is 0.719. The molecular weight excluding hydrogens is 370 g/mol. The smallest absolute Gasteiger partial charge is 0.255 e. The number of phenolic OH excluding ortho intramolecular Hbond substituents is 1. The molecule has 152 valence electrons. The standard InChI is InChI=1S/C23H25NO5/c1-3-19-21(26)8-6-9-22(19)29-15-17-7-4-5-12-24(17)23(27)20-13-18(28-2)11-10-16(20)14-25/h3,6,8-11,13-14,17,26H,1,4-5,7,12,15H2,2H3/t17-/m0/s1. The Labute approximate surface area is 170 Å². The average molecular weight is 395 g/mol. The van der Waals surface area contributed by atoms with Crippen LogP contribution in [-0.2, 0) is 0 Å². The van der Waals surface area contributed by atoms with E-state index in [1.54, 1.807) is 47.4 Å². The van der Waals surface area contributed by atoms with E-state index < -0.39 is 0 Å². The molecule has 1 fully saturated rings. The van der Waals surface area contributed by atoms with Gasteiger partial charge in [-0.2, -0.15) is 0 Å². The molecule has 29 heavy (non-hydrogen) atoms. The highest BCUT2D eigenvalue weighted by molar-refractivity contribution is 6.02. The van der Waals surface area contributed by atoms with Crippen LogP contribution in [0.15, 0.2) is 43.0 Å². The van der Waals surface area contributed by atoms with E-state index in [0.717, 1.165) is 19.3 Å². The van der Waals surface area contributed by atoms with Crippen LogP contribution < -0.4 is 9.47 Å². The molecule has 0 bridgehead atoms. The molecule has 1 aliphatic rings. The Kier molecular flexibility index (Phi) is 6.54. The molecule has 0 aliphatic carbocycles. The third-order valence-electron chi connectivity index (χ3n) is 5.18. The summed E-state index contributed by atoms with van der Waals surface area (Å²) in [4.78, 5) is 26.5. The zero-order valence-electron chi connectivity index (χ0n) is 16.5. The second kappa shape index (κ2) is 9.28. The number of phenols is 1. The van der Waals surface area contributed by atoms with Gasteiger partial charge < -0.3 is 19.5 Å². The molecule has 0 aromatic heterocycles. The molecule has 1 atom stereocenters. The van der Waals surface area contributed by atoms with Crippen molar-refractivity contribution in [2.45, 2.75) is 25.3 Å². The first-order valence-electron chi connectivity index (χ1n) is 9.60. The molecule has 0 saturated carbocycles. The van der Waals surface area contributed by atoms with Crippen LogP contribution in [0.25, 0.3) is 6.08 Å². The summed E-state index contributed by atoms with van der Waals surface area (Å²) >= 11 is 0. The minimum Gasteiger partial charge on any atom is -0.507 e. The van der Waals surface area contributed by atoms with Gasteiger partial charge in [0.1, 0.15) is 23.9 Å². The molecule has 3 rings (SSSR count). The van der Waals surface area contributed by atoms with Crippen molar-refractivity contribution in [3.05, 3.63) is 59.7 Å². The minimum atomic E-state index is -0.209. The van der Waals surface area contributed by atoms with Gasteiger partial charge in [-0.3, -0.25) is 9.59 Å². The first-order chi connectivity index (χ1) is 14.1. The van der Waals surface area contributed by atoms with Crippen LogP contribution in [0, 0.1) is 0 Å². The molecule has 0 spiro atoms. The Morgan fingerprint density at radius 1 is 1.31 bits per heavy atom. The van der Waals surface area contributed by atoms with Crippen LogP contribution in [0.5, 0.6) is 17.2 Å². The lowest BCUT2D eigenvalue weighted by molar-refractivity contribution is 0.0526. The van der Waals surface area contributed by atoms with Gasteiger partial charge in [0.2, 0.25) is 0 Å². The van der Waals surface area contributed by atoms with E-state index >= 15 is 0 Å². The molecule has 1 heterocycles.